The van der Waals surface area contributed by atoms with Gasteiger partial charge in [-0.05, 0) is 29.0 Å². The number of fused-ring (bicyclic) bond motifs is 1. The quantitative estimate of drug-likeness (QED) is 0.682. The van der Waals surface area contributed by atoms with Crippen LogP contribution in [0.15, 0.2) is 60.7 Å². The van der Waals surface area contributed by atoms with Crippen LogP contribution in [0.1, 0.15) is 20.7 Å². The second-order valence-corrected chi connectivity index (χ2v) is 6.90. The zero-order chi connectivity index (χ0) is 20.9. The molecule has 0 aliphatic carbocycles. The molecule has 0 radical (unpaired) electrons. The topological polar surface area (TPSA) is 79.9 Å². The number of carbonyl (C=O) groups excluding carboxylic acids is 2. The lowest BCUT2D eigenvalue weighted by Crippen LogP contribution is -2.48. The predicted molar refractivity (Wildman–Crippen MR) is 115 cm³/mol. The van der Waals surface area contributed by atoms with E-state index in [1.165, 1.54) is 7.11 Å². The van der Waals surface area contributed by atoms with Crippen LogP contribution in [0.2, 0.25) is 0 Å². The molecule has 1 heterocycles. The standard InChI is InChI=1S/C23H23N3O4/c1-29-20-11-5-10-19(21(20)23(28)25-26-12-14-30-15-13-26)24-22(27)18-9-4-7-16-6-2-3-8-17(16)18/h2-11H,12-15H2,1H3,(H,24,27)(H,25,28). The molecule has 0 bridgehead atoms. The van der Waals surface area contributed by atoms with Gasteiger partial charge < -0.3 is 14.8 Å². The number of hydrazine groups is 1. The summed E-state index contributed by atoms with van der Waals surface area (Å²) < 4.78 is 10.7. The Morgan fingerprint density at radius 1 is 0.933 bits per heavy atom. The van der Waals surface area contributed by atoms with Gasteiger partial charge in [0.05, 0.1) is 26.0 Å². The summed E-state index contributed by atoms with van der Waals surface area (Å²) >= 11 is 0. The first-order chi connectivity index (χ1) is 14.7. The number of rotatable bonds is 5. The number of ether oxygens (including phenoxy) is 2. The third kappa shape index (κ3) is 4.12. The van der Waals surface area contributed by atoms with Crippen LogP contribution >= 0.6 is 0 Å². The van der Waals surface area contributed by atoms with Crippen LogP contribution in [0.25, 0.3) is 10.8 Å². The van der Waals surface area contributed by atoms with Crippen LogP contribution in [0.4, 0.5) is 5.69 Å². The molecular formula is C23H23N3O4. The molecule has 3 aromatic rings. The minimum atomic E-state index is -0.345. The molecule has 4 rings (SSSR count). The molecule has 30 heavy (non-hydrogen) atoms. The number of morpholine rings is 1. The van der Waals surface area contributed by atoms with E-state index >= 15 is 0 Å². The fourth-order valence-corrected chi connectivity index (χ4v) is 3.53. The third-order valence-corrected chi connectivity index (χ3v) is 5.03. The monoisotopic (exact) mass is 405 g/mol. The Morgan fingerprint density at radius 2 is 1.67 bits per heavy atom. The molecule has 7 heteroatoms. The summed E-state index contributed by atoms with van der Waals surface area (Å²) in [5, 5.41) is 6.51. The summed E-state index contributed by atoms with van der Waals surface area (Å²) in [6.07, 6.45) is 0. The number of carbonyl (C=O) groups is 2. The van der Waals surface area contributed by atoms with Crippen molar-refractivity contribution in [2.45, 2.75) is 0 Å². The van der Waals surface area contributed by atoms with E-state index in [-0.39, 0.29) is 17.4 Å². The van der Waals surface area contributed by atoms with Gasteiger partial charge in [-0.15, -0.1) is 0 Å². The van der Waals surface area contributed by atoms with E-state index in [9.17, 15) is 9.59 Å². The Hall–Kier alpha value is -3.42. The maximum absolute atomic E-state index is 13.1. The van der Waals surface area contributed by atoms with Gasteiger partial charge in [-0.3, -0.25) is 15.0 Å². The maximum atomic E-state index is 13.1. The minimum absolute atomic E-state index is 0.278. The molecule has 1 aliphatic rings. The lowest BCUT2D eigenvalue weighted by molar-refractivity contribution is 0.0126. The summed E-state index contributed by atoms with van der Waals surface area (Å²) in [5.41, 5.74) is 4.08. The van der Waals surface area contributed by atoms with Crippen LogP contribution in [0.5, 0.6) is 5.75 Å². The Morgan fingerprint density at radius 3 is 2.47 bits per heavy atom. The second kappa shape index (κ2) is 8.94. The molecule has 2 amide bonds. The molecule has 7 nitrogen and oxygen atoms in total. The summed E-state index contributed by atoms with van der Waals surface area (Å²) in [6.45, 7) is 2.30. The van der Waals surface area contributed by atoms with E-state index < -0.39 is 0 Å². The van der Waals surface area contributed by atoms with Crippen molar-refractivity contribution in [3.05, 3.63) is 71.8 Å². The van der Waals surface area contributed by atoms with E-state index in [0.717, 1.165) is 10.8 Å². The molecule has 0 unspecified atom stereocenters. The van der Waals surface area contributed by atoms with Crippen LogP contribution < -0.4 is 15.5 Å². The number of methoxy groups -OCH3 is 1. The van der Waals surface area contributed by atoms with Crippen molar-refractivity contribution in [1.29, 1.82) is 0 Å². The predicted octanol–water partition coefficient (Wildman–Crippen LogP) is 3.08. The number of hydrogen-bond acceptors (Lipinski definition) is 5. The van der Waals surface area contributed by atoms with Crippen LogP contribution in [0, 0.1) is 0 Å². The third-order valence-electron chi connectivity index (χ3n) is 5.03. The number of anilines is 1. The Labute approximate surface area is 174 Å². The van der Waals surface area contributed by atoms with Gasteiger partial charge in [-0.25, -0.2) is 5.01 Å². The van der Waals surface area contributed by atoms with Crippen LogP contribution in [-0.4, -0.2) is 50.2 Å². The number of benzene rings is 3. The first-order valence-corrected chi connectivity index (χ1v) is 9.77. The number of amides is 2. The van der Waals surface area contributed by atoms with Crippen molar-refractivity contribution in [2.75, 3.05) is 38.7 Å². The minimum Gasteiger partial charge on any atom is -0.496 e. The van der Waals surface area contributed by atoms with E-state index in [4.69, 9.17) is 9.47 Å². The average molecular weight is 405 g/mol. The molecule has 0 aromatic heterocycles. The smallest absolute Gasteiger partial charge is 0.271 e. The molecular weight excluding hydrogens is 382 g/mol. The fraction of sp³-hybridized carbons (Fsp3) is 0.217. The molecule has 1 aliphatic heterocycles. The SMILES string of the molecule is COc1cccc(NC(=O)c2cccc3ccccc23)c1C(=O)NN1CCOCC1. The molecule has 1 fully saturated rings. The number of nitrogens with zero attached hydrogens (tertiary/aromatic N) is 1. The number of nitrogens with one attached hydrogen (secondary N) is 2. The molecule has 0 atom stereocenters. The average Bonchev–Trinajstić information content (AvgIpc) is 2.79. The van der Waals surface area contributed by atoms with Gasteiger partial charge in [0.15, 0.2) is 0 Å². The van der Waals surface area contributed by atoms with Crippen molar-refractivity contribution < 1.29 is 19.1 Å². The highest BCUT2D eigenvalue weighted by Crippen LogP contribution is 2.28. The summed E-state index contributed by atoms with van der Waals surface area (Å²) in [5.74, 6) is -0.250. The highest BCUT2D eigenvalue weighted by Gasteiger charge is 2.22. The lowest BCUT2D eigenvalue weighted by Gasteiger charge is -2.27. The van der Waals surface area contributed by atoms with Crippen molar-refractivity contribution in [3.8, 4) is 5.75 Å². The zero-order valence-corrected chi connectivity index (χ0v) is 16.7. The van der Waals surface area contributed by atoms with Gasteiger partial charge in [0.25, 0.3) is 11.8 Å². The Balaban J connectivity index is 1.63. The van der Waals surface area contributed by atoms with E-state index in [1.807, 2.05) is 36.4 Å². The van der Waals surface area contributed by atoms with Crippen molar-refractivity contribution >= 4 is 28.3 Å². The van der Waals surface area contributed by atoms with E-state index in [2.05, 4.69) is 10.7 Å². The highest BCUT2D eigenvalue weighted by molar-refractivity contribution is 6.15. The van der Waals surface area contributed by atoms with E-state index in [0.29, 0.717) is 43.3 Å². The fourth-order valence-electron chi connectivity index (χ4n) is 3.53. The van der Waals surface area contributed by atoms with Gasteiger partial charge in [0.2, 0.25) is 0 Å². The molecule has 0 spiro atoms. The molecule has 1 saturated heterocycles. The van der Waals surface area contributed by atoms with Gasteiger partial charge in [0, 0.05) is 18.7 Å². The van der Waals surface area contributed by atoms with Crippen LogP contribution in [0.3, 0.4) is 0 Å². The first-order valence-electron chi connectivity index (χ1n) is 9.77. The summed E-state index contributed by atoms with van der Waals surface area (Å²) in [4.78, 5) is 26.1. The maximum Gasteiger partial charge on any atom is 0.271 e. The highest BCUT2D eigenvalue weighted by atomic mass is 16.5. The first kappa shape index (κ1) is 19.9. The van der Waals surface area contributed by atoms with Gasteiger partial charge in [0.1, 0.15) is 11.3 Å². The van der Waals surface area contributed by atoms with Crippen molar-refractivity contribution in [3.63, 3.8) is 0 Å². The molecule has 2 N–H and O–H groups in total. The van der Waals surface area contributed by atoms with Gasteiger partial charge in [-0.2, -0.15) is 0 Å². The molecule has 3 aromatic carbocycles. The van der Waals surface area contributed by atoms with Crippen molar-refractivity contribution in [2.24, 2.45) is 0 Å². The normalized spacial score (nSPS) is 14.3. The number of hydrogen-bond donors (Lipinski definition) is 2. The Bertz CT molecular complexity index is 1070. The lowest BCUT2D eigenvalue weighted by atomic mass is 10.0. The summed E-state index contributed by atoms with van der Waals surface area (Å²) in [7, 11) is 1.50. The van der Waals surface area contributed by atoms with Crippen molar-refractivity contribution in [1.82, 2.24) is 10.4 Å². The van der Waals surface area contributed by atoms with Gasteiger partial charge >= 0.3 is 0 Å². The molecule has 154 valence electrons. The largest absolute Gasteiger partial charge is 0.496 e. The Kier molecular flexibility index (Phi) is 5.92. The second-order valence-electron chi connectivity index (χ2n) is 6.90. The zero-order valence-electron chi connectivity index (χ0n) is 16.7. The van der Waals surface area contributed by atoms with E-state index in [1.54, 1.807) is 29.3 Å². The van der Waals surface area contributed by atoms with Gasteiger partial charge in [-0.1, -0.05) is 42.5 Å². The molecule has 0 saturated carbocycles. The summed E-state index contributed by atoms with van der Waals surface area (Å²) in [6, 6.07) is 18.4. The van der Waals surface area contributed by atoms with Crippen LogP contribution in [-0.2, 0) is 4.74 Å².